The molecule has 0 bridgehead atoms. The first-order valence-corrected chi connectivity index (χ1v) is 5.19. The van der Waals surface area contributed by atoms with E-state index in [1.54, 1.807) is 0 Å². The van der Waals surface area contributed by atoms with Crippen molar-refractivity contribution < 1.29 is 0 Å². The summed E-state index contributed by atoms with van der Waals surface area (Å²) in [4.78, 5) is 4.39. The molecule has 2 N–H and O–H groups in total. The molecule has 1 fully saturated rings. The Kier molecular flexibility index (Phi) is 3.37. The first-order chi connectivity index (χ1) is 6.38. The smallest absolute Gasteiger partial charge is 0.191 e. The SMILES string of the molecule is CN1CCN(C(=N)NC(C)(C)C)CC1. The first-order valence-electron chi connectivity index (χ1n) is 5.19. The Morgan fingerprint density at radius 2 is 1.64 bits per heavy atom. The maximum Gasteiger partial charge on any atom is 0.191 e. The number of hydrogen-bond acceptors (Lipinski definition) is 2. The van der Waals surface area contributed by atoms with Gasteiger partial charge in [-0.3, -0.25) is 5.41 Å². The van der Waals surface area contributed by atoms with Crippen LogP contribution in [0.1, 0.15) is 20.8 Å². The van der Waals surface area contributed by atoms with Gasteiger partial charge in [-0.25, -0.2) is 0 Å². The predicted molar refractivity (Wildman–Crippen MR) is 59.7 cm³/mol. The minimum atomic E-state index is -0.0135. The summed E-state index contributed by atoms with van der Waals surface area (Å²) in [5.74, 6) is 0.561. The van der Waals surface area contributed by atoms with Crippen LogP contribution < -0.4 is 5.32 Å². The average Bonchev–Trinajstić information content (AvgIpc) is 2.02. The Hall–Kier alpha value is -0.770. The lowest BCUT2D eigenvalue weighted by molar-refractivity contribution is 0.208. The van der Waals surface area contributed by atoms with E-state index in [0.29, 0.717) is 5.96 Å². The molecule has 4 nitrogen and oxygen atoms in total. The fraction of sp³-hybridized carbons (Fsp3) is 0.900. The highest BCUT2D eigenvalue weighted by molar-refractivity contribution is 5.77. The molecule has 14 heavy (non-hydrogen) atoms. The second-order valence-corrected chi connectivity index (χ2v) is 5.01. The lowest BCUT2D eigenvalue weighted by atomic mass is 10.1. The summed E-state index contributed by atoms with van der Waals surface area (Å²) >= 11 is 0. The predicted octanol–water partition coefficient (Wildman–Crippen LogP) is 0.557. The molecule has 1 rings (SSSR count). The van der Waals surface area contributed by atoms with Gasteiger partial charge in [0.2, 0.25) is 0 Å². The summed E-state index contributed by atoms with van der Waals surface area (Å²) in [5, 5.41) is 11.1. The number of guanidine groups is 1. The molecule has 1 aliphatic rings. The normalized spacial score (nSPS) is 19.6. The topological polar surface area (TPSA) is 42.4 Å². The van der Waals surface area contributed by atoms with Crippen LogP contribution in [0.4, 0.5) is 0 Å². The molecule has 0 aliphatic carbocycles. The number of likely N-dealkylation sites (N-methyl/N-ethyl adjacent to an activating group) is 1. The molecule has 0 amide bonds. The Morgan fingerprint density at radius 1 is 1.14 bits per heavy atom. The van der Waals surface area contributed by atoms with Gasteiger partial charge in [0.05, 0.1) is 0 Å². The van der Waals surface area contributed by atoms with Crippen LogP contribution in [0.2, 0.25) is 0 Å². The lowest BCUT2D eigenvalue weighted by Crippen LogP contribution is -2.54. The number of nitrogens with zero attached hydrogens (tertiary/aromatic N) is 2. The average molecular weight is 198 g/mol. The summed E-state index contributed by atoms with van der Waals surface area (Å²) in [6.07, 6.45) is 0. The van der Waals surface area contributed by atoms with E-state index in [1.165, 1.54) is 0 Å². The molecule has 1 aliphatic heterocycles. The molecule has 0 spiro atoms. The monoisotopic (exact) mass is 198 g/mol. The van der Waals surface area contributed by atoms with Crippen LogP contribution in [0.25, 0.3) is 0 Å². The van der Waals surface area contributed by atoms with E-state index in [2.05, 4.69) is 42.9 Å². The van der Waals surface area contributed by atoms with Crippen molar-refractivity contribution in [3.05, 3.63) is 0 Å². The van der Waals surface area contributed by atoms with E-state index in [0.717, 1.165) is 26.2 Å². The van der Waals surface area contributed by atoms with Crippen LogP contribution in [-0.2, 0) is 0 Å². The minimum absolute atomic E-state index is 0.0135. The fourth-order valence-electron chi connectivity index (χ4n) is 1.46. The van der Waals surface area contributed by atoms with Crippen molar-refractivity contribution in [3.63, 3.8) is 0 Å². The van der Waals surface area contributed by atoms with Gasteiger partial charge >= 0.3 is 0 Å². The first kappa shape index (κ1) is 11.3. The van der Waals surface area contributed by atoms with Crippen molar-refractivity contribution in [1.82, 2.24) is 15.1 Å². The quantitative estimate of drug-likeness (QED) is 0.441. The van der Waals surface area contributed by atoms with Crippen molar-refractivity contribution in [2.75, 3.05) is 33.2 Å². The van der Waals surface area contributed by atoms with Gasteiger partial charge in [-0.2, -0.15) is 0 Å². The third-order valence-electron chi connectivity index (χ3n) is 2.31. The van der Waals surface area contributed by atoms with Gasteiger partial charge in [0, 0.05) is 31.7 Å². The van der Waals surface area contributed by atoms with E-state index in [9.17, 15) is 0 Å². The molecule has 0 atom stereocenters. The summed E-state index contributed by atoms with van der Waals surface area (Å²) in [7, 11) is 2.12. The second-order valence-electron chi connectivity index (χ2n) is 5.01. The van der Waals surface area contributed by atoms with Crippen molar-refractivity contribution in [2.45, 2.75) is 26.3 Å². The molecule has 0 aromatic carbocycles. The molecule has 1 saturated heterocycles. The molecule has 0 aromatic rings. The summed E-state index contributed by atoms with van der Waals surface area (Å²) in [6, 6.07) is 0. The highest BCUT2D eigenvalue weighted by Crippen LogP contribution is 2.03. The van der Waals surface area contributed by atoms with Gasteiger partial charge in [0.1, 0.15) is 0 Å². The van der Waals surface area contributed by atoms with Gasteiger partial charge in [0.25, 0.3) is 0 Å². The van der Waals surface area contributed by atoms with Crippen molar-refractivity contribution in [2.24, 2.45) is 0 Å². The minimum Gasteiger partial charge on any atom is -0.352 e. The van der Waals surface area contributed by atoms with Crippen molar-refractivity contribution in [3.8, 4) is 0 Å². The zero-order chi connectivity index (χ0) is 10.8. The second kappa shape index (κ2) is 4.17. The Labute approximate surface area is 86.8 Å². The van der Waals surface area contributed by atoms with Crippen LogP contribution >= 0.6 is 0 Å². The number of rotatable bonds is 0. The van der Waals surface area contributed by atoms with Crippen molar-refractivity contribution in [1.29, 1.82) is 5.41 Å². The van der Waals surface area contributed by atoms with Crippen LogP contribution in [0.15, 0.2) is 0 Å². The number of nitrogens with one attached hydrogen (secondary N) is 2. The molecule has 0 radical (unpaired) electrons. The zero-order valence-electron chi connectivity index (χ0n) is 9.72. The Morgan fingerprint density at radius 3 is 2.07 bits per heavy atom. The molecule has 0 unspecified atom stereocenters. The number of hydrogen-bond donors (Lipinski definition) is 2. The molecule has 0 saturated carbocycles. The third kappa shape index (κ3) is 3.54. The standard InChI is InChI=1S/C10H22N4/c1-10(2,3)12-9(11)14-7-5-13(4)6-8-14/h5-8H2,1-4H3,(H2,11,12). The summed E-state index contributed by atoms with van der Waals surface area (Å²) < 4.78 is 0. The highest BCUT2D eigenvalue weighted by Gasteiger charge is 2.19. The molecular weight excluding hydrogens is 176 g/mol. The lowest BCUT2D eigenvalue weighted by Gasteiger charge is -2.36. The van der Waals surface area contributed by atoms with E-state index in [4.69, 9.17) is 5.41 Å². The maximum absolute atomic E-state index is 7.90. The van der Waals surface area contributed by atoms with Gasteiger partial charge in [-0.1, -0.05) is 0 Å². The molecular formula is C10H22N4. The fourth-order valence-corrected chi connectivity index (χ4v) is 1.46. The Bertz CT molecular complexity index is 199. The van der Waals surface area contributed by atoms with Crippen LogP contribution in [-0.4, -0.2) is 54.5 Å². The molecule has 1 heterocycles. The van der Waals surface area contributed by atoms with E-state index < -0.39 is 0 Å². The number of piperazine rings is 1. The van der Waals surface area contributed by atoms with Gasteiger partial charge < -0.3 is 15.1 Å². The van der Waals surface area contributed by atoms with E-state index in [-0.39, 0.29) is 5.54 Å². The van der Waals surface area contributed by atoms with E-state index in [1.807, 2.05) is 0 Å². The maximum atomic E-state index is 7.90. The van der Waals surface area contributed by atoms with Crippen LogP contribution in [0.5, 0.6) is 0 Å². The third-order valence-corrected chi connectivity index (χ3v) is 2.31. The van der Waals surface area contributed by atoms with Crippen LogP contribution in [0.3, 0.4) is 0 Å². The van der Waals surface area contributed by atoms with E-state index >= 15 is 0 Å². The highest BCUT2D eigenvalue weighted by atomic mass is 15.3. The summed E-state index contributed by atoms with van der Waals surface area (Å²) in [6.45, 7) is 10.3. The molecule has 0 aromatic heterocycles. The van der Waals surface area contributed by atoms with Gasteiger partial charge in [-0.15, -0.1) is 0 Å². The zero-order valence-corrected chi connectivity index (χ0v) is 9.72. The summed E-state index contributed by atoms with van der Waals surface area (Å²) in [5.41, 5.74) is -0.0135. The molecule has 4 heteroatoms. The van der Waals surface area contributed by atoms with Gasteiger partial charge in [-0.05, 0) is 27.8 Å². The molecule has 82 valence electrons. The largest absolute Gasteiger partial charge is 0.352 e. The Balaban J connectivity index is 2.38. The van der Waals surface area contributed by atoms with Gasteiger partial charge in [0.15, 0.2) is 5.96 Å². The van der Waals surface area contributed by atoms with Crippen LogP contribution in [0, 0.1) is 5.41 Å². The van der Waals surface area contributed by atoms with Crippen molar-refractivity contribution >= 4 is 5.96 Å².